The highest BCUT2D eigenvalue weighted by molar-refractivity contribution is 5.32. The Morgan fingerprint density at radius 1 is 1.09 bits per heavy atom. The zero-order valence-corrected chi connectivity index (χ0v) is 15.6. The van der Waals surface area contributed by atoms with Gasteiger partial charge in [-0.05, 0) is 94.0 Å². The van der Waals surface area contributed by atoms with Crippen molar-refractivity contribution in [1.82, 2.24) is 0 Å². The second-order valence-electron chi connectivity index (χ2n) is 9.21. The van der Waals surface area contributed by atoms with Crippen LogP contribution in [-0.2, 0) is 0 Å². The van der Waals surface area contributed by atoms with Crippen LogP contribution < -0.4 is 0 Å². The molecule has 0 bridgehead atoms. The molecule has 1 heteroatoms. The molecule has 1 N–H and O–H groups in total. The lowest BCUT2D eigenvalue weighted by atomic mass is 9.55. The van der Waals surface area contributed by atoms with E-state index < -0.39 is 5.60 Å². The summed E-state index contributed by atoms with van der Waals surface area (Å²) >= 11 is 0. The molecule has 3 rings (SSSR count). The average Bonchev–Trinajstić information content (AvgIpc) is 2.48. The lowest BCUT2D eigenvalue weighted by Crippen LogP contribution is -2.42. The second kappa shape index (κ2) is 6.75. The Bertz CT molecular complexity index is 479. The quantitative estimate of drug-likeness (QED) is 0.685. The lowest BCUT2D eigenvalue weighted by Gasteiger charge is -2.50. The number of rotatable bonds is 4. The van der Waals surface area contributed by atoms with E-state index in [2.05, 4.69) is 26.0 Å². The molecule has 0 amide bonds. The van der Waals surface area contributed by atoms with Gasteiger partial charge in [0.2, 0.25) is 0 Å². The highest BCUT2D eigenvalue weighted by Crippen LogP contribution is 2.53. The molecule has 1 nitrogen and oxygen atoms in total. The van der Waals surface area contributed by atoms with Gasteiger partial charge in [0.15, 0.2) is 0 Å². The van der Waals surface area contributed by atoms with Gasteiger partial charge >= 0.3 is 0 Å². The molecule has 23 heavy (non-hydrogen) atoms. The van der Waals surface area contributed by atoms with Gasteiger partial charge in [-0.25, -0.2) is 0 Å². The van der Waals surface area contributed by atoms with Crippen LogP contribution in [0.4, 0.5) is 0 Å². The predicted octanol–water partition coefficient (Wildman–Crippen LogP) is 5.89. The van der Waals surface area contributed by atoms with Crippen molar-refractivity contribution in [2.45, 2.75) is 84.7 Å². The molecule has 3 aliphatic rings. The van der Waals surface area contributed by atoms with E-state index in [1.807, 2.05) is 13.8 Å². The van der Waals surface area contributed by atoms with Crippen molar-refractivity contribution in [2.24, 2.45) is 29.6 Å². The molecule has 0 aromatic carbocycles. The third-order valence-corrected chi connectivity index (χ3v) is 6.83. The van der Waals surface area contributed by atoms with Crippen LogP contribution in [0.3, 0.4) is 0 Å². The Labute approximate surface area is 143 Å². The van der Waals surface area contributed by atoms with Crippen LogP contribution >= 0.6 is 0 Å². The van der Waals surface area contributed by atoms with Crippen molar-refractivity contribution in [3.8, 4) is 0 Å². The molecule has 1 saturated carbocycles. The maximum atomic E-state index is 10.2. The minimum atomic E-state index is -0.497. The summed E-state index contributed by atoms with van der Waals surface area (Å²) in [6.07, 6.45) is 15.3. The van der Waals surface area contributed by atoms with Gasteiger partial charge in [-0.2, -0.15) is 0 Å². The van der Waals surface area contributed by atoms with Crippen molar-refractivity contribution in [3.05, 3.63) is 23.3 Å². The van der Waals surface area contributed by atoms with Crippen LogP contribution in [0.2, 0.25) is 0 Å². The molecule has 0 spiro atoms. The number of fused-ring (bicyclic) bond motifs is 1. The average molecular weight is 317 g/mol. The summed E-state index contributed by atoms with van der Waals surface area (Å²) in [6, 6.07) is 0. The Kier molecular flexibility index (Phi) is 5.06. The molecule has 0 radical (unpaired) electrons. The Balaban J connectivity index is 1.74. The Hall–Kier alpha value is -0.560. The molecule has 0 aliphatic heterocycles. The van der Waals surface area contributed by atoms with Crippen molar-refractivity contribution >= 4 is 0 Å². The van der Waals surface area contributed by atoms with Gasteiger partial charge in [-0.1, -0.05) is 38.0 Å². The third-order valence-electron chi connectivity index (χ3n) is 6.83. The minimum Gasteiger partial charge on any atom is -0.390 e. The van der Waals surface area contributed by atoms with E-state index in [0.29, 0.717) is 0 Å². The Morgan fingerprint density at radius 3 is 2.52 bits per heavy atom. The molecule has 130 valence electrons. The first-order chi connectivity index (χ1) is 10.9. The SMILES string of the molecule is CCC1C=CC2=C(C1)C[C@H](CC)CC1C(C2)CC1CC(C)(C)O. The number of hydrogen-bond acceptors (Lipinski definition) is 1. The zero-order chi connectivity index (χ0) is 16.6. The van der Waals surface area contributed by atoms with Gasteiger partial charge in [-0.15, -0.1) is 0 Å². The van der Waals surface area contributed by atoms with Crippen molar-refractivity contribution < 1.29 is 5.11 Å². The van der Waals surface area contributed by atoms with Crippen LogP contribution in [0.25, 0.3) is 0 Å². The van der Waals surface area contributed by atoms with Gasteiger partial charge in [0.05, 0.1) is 5.60 Å². The molecule has 0 aromatic heterocycles. The largest absolute Gasteiger partial charge is 0.390 e. The van der Waals surface area contributed by atoms with Crippen LogP contribution in [0.5, 0.6) is 0 Å². The lowest BCUT2D eigenvalue weighted by molar-refractivity contribution is -0.0280. The van der Waals surface area contributed by atoms with E-state index >= 15 is 0 Å². The standard InChI is InChI=1S/C22H36O/c1-5-15-7-8-17-12-19-13-20(14-22(3,4)23)21(19)11-16(6-2)10-18(17)9-15/h7-8,15-16,19-21,23H,5-6,9-14H2,1-4H3/t15?,16-,19?,20?,21?/m0/s1. The molecule has 0 aromatic rings. The van der Waals surface area contributed by atoms with Gasteiger partial charge < -0.3 is 5.11 Å². The first-order valence-corrected chi connectivity index (χ1v) is 10.0. The van der Waals surface area contributed by atoms with Gasteiger partial charge in [-0.3, -0.25) is 0 Å². The van der Waals surface area contributed by atoms with Crippen LogP contribution in [0, 0.1) is 29.6 Å². The number of allylic oxidation sites excluding steroid dienone is 4. The van der Waals surface area contributed by atoms with Crippen LogP contribution in [0.15, 0.2) is 23.3 Å². The third kappa shape index (κ3) is 3.92. The summed E-state index contributed by atoms with van der Waals surface area (Å²) in [7, 11) is 0. The van der Waals surface area contributed by atoms with Gasteiger partial charge in [0, 0.05) is 0 Å². The van der Waals surface area contributed by atoms with Gasteiger partial charge in [0.25, 0.3) is 0 Å². The molecule has 1 fully saturated rings. The van der Waals surface area contributed by atoms with Crippen LogP contribution in [0.1, 0.15) is 79.1 Å². The van der Waals surface area contributed by atoms with E-state index in [0.717, 1.165) is 36.0 Å². The molecular weight excluding hydrogens is 280 g/mol. The second-order valence-corrected chi connectivity index (χ2v) is 9.21. The first kappa shape index (κ1) is 17.3. The highest BCUT2D eigenvalue weighted by Gasteiger charge is 2.44. The van der Waals surface area contributed by atoms with E-state index in [4.69, 9.17) is 0 Å². The summed E-state index contributed by atoms with van der Waals surface area (Å²) in [5.74, 6) is 4.14. The minimum absolute atomic E-state index is 0.497. The number of hydrogen-bond donors (Lipinski definition) is 1. The van der Waals surface area contributed by atoms with E-state index in [1.54, 1.807) is 11.1 Å². The molecular formula is C22H36O. The van der Waals surface area contributed by atoms with E-state index in [9.17, 15) is 5.11 Å². The molecule has 0 saturated heterocycles. The summed E-state index contributed by atoms with van der Waals surface area (Å²) in [6.45, 7) is 8.66. The normalized spacial score (nSPS) is 37.5. The smallest absolute Gasteiger partial charge is 0.0594 e. The Morgan fingerprint density at radius 2 is 1.87 bits per heavy atom. The highest BCUT2D eigenvalue weighted by atomic mass is 16.3. The monoisotopic (exact) mass is 316 g/mol. The fourth-order valence-electron chi connectivity index (χ4n) is 5.43. The molecule has 4 unspecified atom stereocenters. The maximum Gasteiger partial charge on any atom is 0.0594 e. The molecule has 0 heterocycles. The maximum absolute atomic E-state index is 10.2. The van der Waals surface area contributed by atoms with Crippen molar-refractivity contribution in [3.63, 3.8) is 0 Å². The summed E-state index contributed by atoms with van der Waals surface area (Å²) in [4.78, 5) is 0. The van der Waals surface area contributed by atoms with Gasteiger partial charge in [0.1, 0.15) is 0 Å². The molecule has 3 aliphatic carbocycles. The topological polar surface area (TPSA) is 20.2 Å². The molecule has 5 atom stereocenters. The number of aliphatic hydroxyl groups is 1. The summed E-state index contributed by atoms with van der Waals surface area (Å²) in [5, 5.41) is 10.2. The zero-order valence-electron chi connectivity index (χ0n) is 15.6. The first-order valence-electron chi connectivity index (χ1n) is 10.0. The fourth-order valence-corrected chi connectivity index (χ4v) is 5.43. The summed E-state index contributed by atoms with van der Waals surface area (Å²) < 4.78 is 0. The van der Waals surface area contributed by atoms with Crippen molar-refractivity contribution in [1.29, 1.82) is 0 Å². The van der Waals surface area contributed by atoms with Crippen molar-refractivity contribution in [2.75, 3.05) is 0 Å². The van der Waals surface area contributed by atoms with E-state index in [1.165, 1.54) is 44.9 Å². The van der Waals surface area contributed by atoms with E-state index in [-0.39, 0.29) is 0 Å². The predicted molar refractivity (Wildman–Crippen MR) is 98.2 cm³/mol. The van der Waals surface area contributed by atoms with Crippen LogP contribution in [-0.4, -0.2) is 10.7 Å². The summed E-state index contributed by atoms with van der Waals surface area (Å²) in [5.41, 5.74) is 2.98. The fraction of sp³-hybridized carbons (Fsp3) is 0.818.